The highest BCUT2D eigenvalue weighted by atomic mass is 16.3. The Balaban J connectivity index is 1.50. The predicted octanol–water partition coefficient (Wildman–Crippen LogP) is 8.42. The van der Waals surface area contributed by atoms with E-state index in [2.05, 4.69) is 0 Å². The second-order valence-electron chi connectivity index (χ2n) is 9.71. The van der Waals surface area contributed by atoms with Gasteiger partial charge in [-0.15, -0.1) is 0 Å². The molecule has 4 heteroatoms. The standard InChI is InChI=1S/C36H28N2O2/c39-33-21-19-25-11-7-9-17-29(25)31(33)23-37-35(27-13-3-1-4-14-27)36(28-15-5-2-6-16-28)38-24-32-30-18-10-8-12-26(30)20-22-34(32)40/h1-24,35-36,39-40H/t35-,36-/m1/s1. The largest absolute Gasteiger partial charge is 0.507 e. The molecule has 6 aromatic carbocycles. The van der Waals surface area contributed by atoms with Crippen molar-refractivity contribution in [1.82, 2.24) is 0 Å². The van der Waals surface area contributed by atoms with Crippen LogP contribution in [0.2, 0.25) is 0 Å². The molecule has 0 aromatic heterocycles. The van der Waals surface area contributed by atoms with Gasteiger partial charge in [0.25, 0.3) is 0 Å². The summed E-state index contributed by atoms with van der Waals surface area (Å²) in [5.74, 6) is 0.351. The summed E-state index contributed by atoms with van der Waals surface area (Å²) in [5, 5.41) is 25.5. The Hall–Kier alpha value is -5.22. The number of fused-ring (bicyclic) bond motifs is 2. The highest BCUT2D eigenvalue weighted by Crippen LogP contribution is 2.37. The average Bonchev–Trinajstić information content (AvgIpc) is 3.01. The minimum atomic E-state index is -0.393. The van der Waals surface area contributed by atoms with Crippen molar-refractivity contribution in [1.29, 1.82) is 0 Å². The van der Waals surface area contributed by atoms with E-state index in [1.54, 1.807) is 24.6 Å². The lowest BCUT2D eigenvalue weighted by atomic mass is 9.93. The van der Waals surface area contributed by atoms with Crippen LogP contribution < -0.4 is 0 Å². The van der Waals surface area contributed by atoms with E-state index in [0.717, 1.165) is 32.7 Å². The third kappa shape index (κ3) is 5.07. The second kappa shape index (κ2) is 11.3. The molecule has 0 aliphatic rings. The summed E-state index contributed by atoms with van der Waals surface area (Å²) in [5.41, 5.74) is 3.32. The number of aromatic hydroxyl groups is 2. The molecule has 0 spiro atoms. The van der Waals surface area contributed by atoms with Gasteiger partial charge < -0.3 is 10.2 Å². The lowest BCUT2D eigenvalue weighted by Gasteiger charge is -2.22. The summed E-state index contributed by atoms with van der Waals surface area (Å²) < 4.78 is 0. The van der Waals surface area contributed by atoms with Crippen LogP contribution in [0.25, 0.3) is 21.5 Å². The maximum absolute atomic E-state index is 10.8. The van der Waals surface area contributed by atoms with Crippen LogP contribution in [0.4, 0.5) is 0 Å². The minimum Gasteiger partial charge on any atom is -0.507 e. The molecule has 0 fully saturated rings. The average molecular weight is 521 g/mol. The van der Waals surface area contributed by atoms with Crippen molar-refractivity contribution >= 4 is 34.0 Å². The van der Waals surface area contributed by atoms with Gasteiger partial charge in [0.2, 0.25) is 0 Å². The first-order valence-corrected chi connectivity index (χ1v) is 13.3. The number of phenols is 2. The van der Waals surface area contributed by atoms with Crippen LogP contribution in [-0.4, -0.2) is 22.6 Å². The number of benzene rings is 6. The van der Waals surface area contributed by atoms with Crippen LogP contribution in [0.1, 0.15) is 34.3 Å². The first-order chi connectivity index (χ1) is 19.7. The van der Waals surface area contributed by atoms with Gasteiger partial charge in [0.15, 0.2) is 0 Å². The molecule has 2 atom stereocenters. The molecule has 4 nitrogen and oxygen atoms in total. The van der Waals surface area contributed by atoms with Crippen LogP contribution >= 0.6 is 0 Å². The monoisotopic (exact) mass is 520 g/mol. The molecule has 0 amide bonds. The van der Waals surface area contributed by atoms with Gasteiger partial charge in [-0.2, -0.15) is 0 Å². The Kier molecular flexibility index (Phi) is 7.06. The van der Waals surface area contributed by atoms with Gasteiger partial charge in [0.05, 0.1) is 0 Å². The maximum atomic E-state index is 10.8. The summed E-state index contributed by atoms with van der Waals surface area (Å²) in [6, 6.07) is 42.5. The van der Waals surface area contributed by atoms with E-state index in [9.17, 15) is 10.2 Å². The highest BCUT2D eigenvalue weighted by molar-refractivity contribution is 6.03. The summed E-state index contributed by atoms with van der Waals surface area (Å²) in [6.07, 6.45) is 3.52. The zero-order chi connectivity index (χ0) is 27.3. The van der Waals surface area contributed by atoms with E-state index >= 15 is 0 Å². The molecular formula is C36H28N2O2. The number of rotatable bonds is 7. The van der Waals surface area contributed by atoms with Crippen LogP contribution in [0.5, 0.6) is 11.5 Å². The molecule has 0 aliphatic heterocycles. The Morgan fingerprint density at radius 3 is 1.23 bits per heavy atom. The number of hydrogen-bond donors (Lipinski definition) is 2. The fourth-order valence-electron chi connectivity index (χ4n) is 5.15. The fourth-order valence-corrected chi connectivity index (χ4v) is 5.15. The number of aliphatic imine (C=N–C) groups is 2. The van der Waals surface area contributed by atoms with Crippen molar-refractivity contribution in [2.45, 2.75) is 12.1 Å². The number of hydrogen-bond acceptors (Lipinski definition) is 4. The highest BCUT2D eigenvalue weighted by Gasteiger charge is 2.24. The molecule has 2 N–H and O–H groups in total. The van der Waals surface area contributed by atoms with Gasteiger partial charge >= 0.3 is 0 Å². The third-order valence-corrected chi connectivity index (χ3v) is 7.21. The lowest BCUT2D eigenvalue weighted by Crippen LogP contribution is -2.09. The number of nitrogens with zero attached hydrogens (tertiary/aromatic N) is 2. The second-order valence-corrected chi connectivity index (χ2v) is 9.71. The van der Waals surface area contributed by atoms with Gasteiger partial charge in [-0.1, -0.05) is 121 Å². The molecule has 194 valence electrons. The van der Waals surface area contributed by atoms with E-state index in [0.29, 0.717) is 11.1 Å². The van der Waals surface area contributed by atoms with Crippen LogP contribution in [0.15, 0.2) is 143 Å². The lowest BCUT2D eigenvalue weighted by molar-refractivity contribution is 0.474. The molecule has 0 saturated heterocycles. The van der Waals surface area contributed by atoms with Gasteiger partial charge in [-0.3, -0.25) is 9.98 Å². The summed E-state index contributed by atoms with van der Waals surface area (Å²) in [7, 11) is 0. The zero-order valence-electron chi connectivity index (χ0n) is 21.8. The van der Waals surface area contributed by atoms with Gasteiger partial charge in [0.1, 0.15) is 23.6 Å². The summed E-state index contributed by atoms with van der Waals surface area (Å²) in [6.45, 7) is 0. The third-order valence-electron chi connectivity index (χ3n) is 7.21. The Bertz CT molecular complexity index is 1690. The molecule has 0 saturated carbocycles. The van der Waals surface area contributed by atoms with E-state index < -0.39 is 12.1 Å². The SMILES string of the molecule is Oc1ccc2ccccc2c1C=N[C@H](c1ccccc1)[C@H](N=Cc1c(O)ccc2ccccc12)c1ccccc1. The molecule has 40 heavy (non-hydrogen) atoms. The van der Waals surface area contributed by atoms with Crippen molar-refractivity contribution in [3.05, 3.63) is 156 Å². The van der Waals surface area contributed by atoms with Crippen LogP contribution in [-0.2, 0) is 0 Å². The first kappa shape index (κ1) is 25.1. The first-order valence-electron chi connectivity index (χ1n) is 13.3. The van der Waals surface area contributed by atoms with E-state index in [4.69, 9.17) is 9.98 Å². The predicted molar refractivity (Wildman–Crippen MR) is 165 cm³/mol. The normalized spacial score (nSPS) is 13.3. The molecule has 0 bridgehead atoms. The molecule has 0 unspecified atom stereocenters. The quantitative estimate of drug-likeness (QED) is 0.208. The molecule has 0 radical (unpaired) electrons. The molecule has 6 aromatic rings. The van der Waals surface area contributed by atoms with E-state index in [1.165, 1.54) is 0 Å². The Morgan fingerprint density at radius 1 is 0.425 bits per heavy atom. The van der Waals surface area contributed by atoms with Gasteiger partial charge in [-0.05, 0) is 44.8 Å². The number of phenolic OH excluding ortho intramolecular Hbond substituents is 2. The van der Waals surface area contributed by atoms with Crippen LogP contribution in [0, 0.1) is 0 Å². The van der Waals surface area contributed by atoms with Crippen molar-refractivity contribution in [3.63, 3.8) is 0 Å². The van der Waals surface area contributed by atoms with Crippen molar-refractivity contribution < 1.29 is 10.2 Å². The molecule has 6 rings (SSSR count). The van der Waals surface area contributed by atoms with E-state index in [-0.39, 0.29) is 11.5 Å². The summed E-state index contributed by atoms with van der Waals surface area (Å²) >= 11 is 0. The topological polar surface area (TPSA) is 65.2 Å². The molecule has 0 heterocycles. The molecular weight excluding hydrogens is 492 g/mol. The van der Waals surface area contributed by atoms with Gasteiger partial charge in [0, 0.05) is 23.6 Å². The smallest absolute Gasteiger partial charge is 0.124 e. The van der Waals surface area contributed by atoms with Crippen LogP contribution in [0.3, 0.4) is 0 Å². The summed E-state index contributed by atoms with van der Waals surface area (Å²) in [4.78, 5) is 10.2. The Morgan fingerprint density at radius 2 is 0.800 bits per heavy atom. The fraction of sp³-hybridized carbons (Fsp3) is 0.0556. The zero-order valence-corrected chi connectivity index (χ0v) is 21.8. The van der Waals surface area contributed by atoms with Crippen molar-refractivity contribution in [3.8, 4) is 11.5 Å². The maximum Gasteiger partial charge on any atom is 0.124 e. The Labute approximate surface area is 233 Å². The minimum absolute atomic E-state index is 0.176. The van der Waals surface area contributed by atoms with Gasteiger partial charge in [-0.25, -0.2) is 0 Å². The van der Waals surface area contributed by atoms with Crippen molar-refractivity contribution in [2.24, 2.45) is 9.98 Å². The van der Waals surface area contributed by atoms with E-state index in [1.807, 2.05) is 121 Å². The van der Waals surface area contributed by atoms with Crippen molar-refractivity contribution in [2.75, 3.05) is 0 Å². The molecule has 0 aliphatic carbocycles.